The van der Waals surface area contributed by atoms with Crippen molar-refractivity contribution >= 4 is 0 Å². The lowest BCUT2D eigenvalue weighted by molar-refractivity contribution is 0.322. The number of hydrogen-bond acceptors (Lipinski definition) is 5. The molecule has 1 atom stereocenters. The molecule has 0 spiro atoms. The van der Waals surface area contributed by atoms with Crippen LogP contribution in [0.25, 0.3) is 11.4 Å². The molecule has 20 heavy (non-hydrogen) atoms. The van der Waals surface area contributed by atoms with Crippen LogP contribution in [0.4, 0.5) is 4.39 Å². The fourth-order valence-corrected chi connectivity index (χ4v) is 2.38. The van der Waals surface area contributed by atoms with Gasteiger partial charge in [0.1, 0.15) is 0 Å². The molecule has 1 aliphatic heterocycles. The van der Waals surface area contributed by atoms with Gasteiger partial charge in [0, 0.05) is 12.1 Å². The fourth-order valence-electron chi connectivity index (χ4n) is 2.38. The Morgan fingerprint density at radius 2 is 2.35 bits per heavy atom. The summed E-state index contributed by atoms with van der Waals surface area (Å²) in [6, 6.07) is 4.53. The van der Waals surface area contributed by atoms with E-state index in [0.717, 1.165) is 25.9 Å². The molecule has 1 fully saturated rings. The summed E-state index contributed by atoms with van der Waals surface area (Å²) in [4.78, 5) is 4.41. The predicted octanol–water partition coefficient (Wildman–Crippen LogP) is 2.35. The van der Waals surface area contributed by atoms with Gasteiger partial charge in [-0.1, -0.05) is 5.16 Å². The SMILES string of the molecule is COc1cc(-c2noc(C3CCCNC3)n2)ccc1F. The zero-order chi connectivity index (χ0) is 13.9. The highest BCUT2D eigenvalue weighted by atomic mass is 19.1. The van der Waals surface area contributed by atoms with Gasteiger partial charge in [0.25, 0.3) is 0 Å². The zero-order valence-corrected chi connectivity index (χ0v) is 11.2. The number of piperidine rings is 1. The quantitative estimate of drug-likeness (QED) is 0.933. The summed E-state index contributed by atoms with van der Waals surface area (Å²) in [5.41, 5.74) is 0.682. The molecule has 1 saturated heterocycles. The van der Waals surface area contributed by atoms with E-state index >= 15 is 0 Å². The number of halogens is 1. The highest BCUT2D eigenvalue weighted by Gasteiger charge is 2.22. The van der Waals surface area contributed by atoms with Gasteiger partial charge in [0.2, 0.25) is 11.7 Å². The van der Waals surface area contributed by atoms with E-state index in [-0.39, 0.29) is 11.7 Å². The van der Waals surface area contributed by atoms with Crippen molar-refractivity contribution in [3.8, 4) is 17.1 Å². The molecule has 1 aromatic carbocycles. The molecule has 6 heteroatoms. The van der Waals surface area contributed by atoms with Crippen LogP contribution in [-0.2, 0) is 0 Å². The number of benzene rings is 1. The van der Waals surface area contributed by atoms with Crippen molar-refractivity contribution in [3.05, 3.63) is 29.9 Å². The lowest BCUT2D eigenvalue weighted by atomic mass is 10.00. The minimum absolute atomic E-state index is 0.174. The molecule has 2 heterocycles. The molecule has 0 aliphatic carbocycles. The molecule has 5 nitrogen and oxygen atoms in total. The van der Waals surface area contributed by atoms with E-state index in [1.165, 1.54) is 13.2 Å². The monoisotopic (exact) mass is 277 g/mol. The first-order valence-electron chi connectivity index (χ1n) is 6.66. The van der Waals surface area contributed by atoms with Gasteiger partial charge in [-0.3, -0.25) is 0 Å². The normalized spacial score (nSPS) is 19.0. The van der Waals surface area contributed by atoms with Crippen LogP contribution in [-0.4, -0.2) is 30.3 Å². The topological polar surface area (TPSA) is 60.2 Å². The first kappa shape index (κ1) is 13.1. The molecule has 3 rings (SSSR count). The second kappa shape index (κ2) is 5.58. The van der Waals surface area contributed by atoms with Crippen LogP contribution < -0.4 is 10.1 Å². The van der Waals surface area contributed by atoms with E-state index in [2.05, 4.69) is 15.5 Å². The fraction of sp³-hybridized carbons (Fsp3) is 0.429. The van der Waals surface area contributed by atoms with Crippen molar-refractivity contribution in [3.63, 3.8) is 0 Å². The molecule has 2 aromatic rings. The predicted molar refractivity (Wildman–Crippen MR) is 71.1 cm³/mol. The smallest absolute Gasteiger partial charge is 0.231 e. The minimum Gasteiger partial charge on any atom is -0.494 e. The molecular weight excluding hydrogens is 261 g/mol. The van der Waals surface area contributed by atoms with E-state index in [9.17, 15) is 4.39 Å². The van der Waals surface area contributed by atoms with Crippen LogP contribution in [0.2, 0.25) is 0 Å². The first-order valence-corrected chi connectivity index (χ1v) is 6.66. The Morgan fingerprint density at radius 3 is 3.10 bits per heavy atom. The summed E-state index contributed by atoms with van der Waals surface area (Å²) in [6.45, 7) is 1.89. The summed E-state index contributed by atoms with van der Waals surface area (Å²) < 4.78 is 23.7. The van der Waals surface area contributed by atoms with Crippen molar-refractivity contribution in [1.29, 1.82) is 0 Å². The first-order chi connectivity index (χ1) is 9.78. The Labute approximate surface area is 116 Å². The van der Waals surface area contributed by atoms with Gasteiger partial charge in [-0.15, -0.1) is 0 Å². The van der Waals surface area contributed by atoms with Crippen LogP contribution in [0.5, 0.6) is 5.75 Å². The summed E-state index contributed by atoms with van der Waals surface area (Å²) in [5.74, 6) is 1.12. The van der Waals surface area contributed by atoms with Gasteiger partial charge in [-0.05, 0) is 37.6 Å². The maximum atomic E-state index is 13.4. The number of aromatic nitrogens is 2. The lowest BCUT2D eigenvalue weighted by Gasteiger charge is -2.18. The van der Waals surface area contributed by atoms with Crippen molar-refractivity contribution in [2.24, 2.45) is 0 Å². The number of ether oxygens (including phenoxy) is 1. The van der Waals surface area contributed by atoms with Gasteiger partial charge in [-0.25, -0.2) is 4.39 Å². The zero-order valence-electron chi connectivity index (χ0n) is 11.2. The summed E-state index contributed by atoms with van der Waals surface area (Å²) in [6.07, 6.45) is 2.15. The van der Waals surface area contributed by atoms with Crippen LogP contribution >= 0.6 is 0 Å². The summed E-state index contributed by atoms with van der Waals surface area (Å²) in [7, 11) is 1.43. The third-order valence-electron chi connectivity index (χ3n) is 3.50. The van der Waals surface area contributed by atoms with Crippen LogP contribution in [0.3, 0.4) is 0 Å². The lowest BCUT2D eigenvalue weighted by Crippen LogP contribution is -2.28. The molecule has 1 aromatic heterocycles. The van der Waals surface area contributed by atoms with Crippen LogP contribution in [0.15, 0.2) is 22.7 Å². The highest BCUT2D eigenvalue weighted by Crippen LogP contribution is 2.27. The Kier molecular flexibility index (Phi) is 3.64. The summed E-state index contributed by atoms with van der Waals surface area (Å²) in [5, 5.41) is 7.29. The molecule has 106 valence electrons. The number of hydrogen-bond donors (Lipinski definition) is 1. The van der Waals surface area contributed by atoms with Crippen molar-refractivity contribution < 1.29 is 13.7 Å². The Morgan fingerprint density at radius 1 is 1.45 bits per heavy atom. The third-order valence-corrected chi connectivity index (χ3v) is 3.50. The third kappa shape index (κ3) is 2.51. The van der Waals surface area contributed by atoms with Crippen LogP contribution in [0.1, 0.15) is 24.7 Å². The standard InChI is InChI=1S/C14H16FN3O2/c1-19-12-7-9(4-5-11(12)15)13-17-14(20-18-13)10-3-2-6-16-8-10/h4-5,7,10,16H,2-3,6,8H2,1H3. The molecule has 0 bridgehead atoms. The van der Waals surface area contributed by atoms with Gasteiger partial charge in [-0.2, -0.15) is 4.98 Å². The van der Waals surface area contributed by atoms with E-state index in [4.69, 9.17) is 9.26 Å². The Bertz CT molecular complexity index is 594. The molecule has 1 aliphatic rings. The van der Waals surface area contributed by atoms with Crippen molar-refractivity contribution in [2.45, 2.75) is 18.8 Å². The number of nitrogens with zero attached hydrogens (tertiary/aromatic N) is 2. The average molecular weight is 277 g/mol. The number of rotatable bonds is 3. The molecular formula is C14H16FN3O2. The Hall–Kier alpha value is -1.95. The molecule has 0 radical (unpaired) electrons. The van der Waals surface area contributed by atoms with E-state index in [1.807, 2.05) is 0 Å². The maximum absolute atomic E-state index is 13.4. The van der Waals surface area contributed by atoms with Crippen molar-refractivity contribution in [2.75, 3.05) is 20.2 Å². The summed E-state index contributed by atoms with van der Waals surface area (Å²) >= 11 is 0. The highest BCUT2D eigenvalue weighted by molar-refractivity contribution is 5.57. The number of nitrogens with one attached hydrogen (secondary N) is 1. The van der Waals surface area contributed by atoms with Gasteiger partial charge >= 0.3 is 0 Å². The van der Waals surface area contributed by atoms with E-state index in [0.29, 0.717) is 17.3 Å². The second-order valence-corrected chi connectivity index (χ2v) is 4.85. The molecule has 0 amide bonds. The van der Waals surface area contributed by atoms with Crippen LogP contribution in [0, 0.1) is 5.82 Å². The van der Waals surface area contributed by atoms with E-state index < -0.39 is 5.82 Å². The van der Waals surface area contributed by atoms with Gasteiger partial charge in [0.05, 0.1) is 13.0 Å². The van der Waals surface area contributed by atoms with Gasteiger partial charge in [0.15, 0.2) is 11.6 Å². The van der Waals surface area contributed by atoms with Gasteiger partial charge < -0.3 is 14.6 Å². The average Bonchev–Trinajstić information content (AvgIpc) is 2.98. The minimum atomic E-state index is -0.406. The van der Waals surface area contributed by atoms with Crippen molar-refractivity contribution in [1.82, 2.24) is 15.5 Å². The number of methoxy groups -OCH3 is 1. The molecule has 0 saturated carbocycles. The Balaban J connectivity index is 1.85. The molecule has 1 unspecified atom stereocenters. The second-order valence-electron chi connectivity index (χ2n) is 4.85. The maximum Gasteiger partial charge on any atom is 0.231 e. The van der Waals surface area contributed by atoms with E-state index in [1.54, 1.807) is 12.1 Å². The largest absolute Gasteiger partial charge is 0.494 e. The molecule has 1 N–H and O–H groups in total.